The molecule has 1 N–H and O–H groups in total. The Labute approximate surface area is 236 Å². The Bertz CT molecular complexity index is 1680. The molecule has 0 saturated carbocycles. The Hall–Kier alpha value is -4.33. The van der Waals surface area contributed by atoms with Gasteiger partial charge in [0.2, 0.25) is 0 Å². The van der Waals surface area contributed by atoms with E-state index in [1.807, 2.05) is 54.9 Å². The number of fused-ring (bicyclic) bond motifs is 1. The third kappa shape index (κ3) is 6.11. The second kappa shape index (κ2) is 11.8. The number of aromatic nitrogens is 4. The molecule has 6 nitrogen and oxygen atoms in total. The fourth-order valence-electron chi connectivity index (χ4n) is 4.71. The van der Waals surface area contributed by atoms with Crippen LogP contribution in [0.3, 0.4) is 0 Å². The van der Waals surface area contributed by atoms with Crippen molar-refractivity contribution < 1.29 is 9.13 Å². The minimum Gasteiger partial charge on any atom is -0.368 e. The largest absolute Gasteiger partial charge is 0.368 e. The van der Waals surface area contributed by atoms with Gasteiger partial charge in [0.1, 0.15) is 18.0 Å². The van der Waals surface area contributed by atoms with Crippen molar-refractivity contribution in [1.82, 2.24) is 19.5 Å². The zero-order valence-corrected chi connectivity index (χ0v) is 22.4. The molecule has 0 aliphatic heterocycles. The number of hydrogen-bond donors (Lipinski definition) is 1. The van der Waals surface area contributed by atoms with Gasteiger partial charge in [0.25, 0.3) is 0 Å². The summed E-state index contributed by atoms with van der Waals surface area (Å²) >= 11 is 6.63. The molecule has 0 fully saturated rings. The topological polar surface area (TPSA) is 64.9 Å². The molecule has 40 heavy (non-hydrogen) atoms. The number of nitrogens with one attached hydrogen (secondary N) is 1. The van der Waals surface area contributed by atoms with Crippen LogP contribution in [-0.4, -0.2) is 31.0 Å². The summed E-state index contributed by atoms with van der Waals surface area (Å²) in [6.45, 7) is 1.16. The highest BCUT2D eigenvalue weighted by atomic mass is 35.5. The Morgan fingerprint density at radius 1 is 0.975 bits per heavy atom. The van der Waals surface area contributed by atoms with Gasteiger partial charge < -0.3 is 14.6 Å². The predicted octanol–water partition coefficient (Wildman–Crippen LogP) is 6.93. The molecule has 5 aromatic rings. The number of ether oxygens (including phenoxy) is 1. The number of rotatable bonds is 9. The van der Waals surface area contributed by atoms with Crippen molar-refractivity contribution in [1.29, 1.82) is 0 Å². The van der Waals surface area contributed by atoms with Crippen LogP contribution in [0.4, 0.5) is 10.2 Å². The highest BCUT2D eigenvalue weighted by molar-refractivity contribution is 6.22. The molecule has 2 unspecified atom stereocenters. The van der Waals surface area contributed by atoms with Crippen molar-refractivity contribution in [2.75, 3.05) is 5.32 Å². The summed E-state index contributed by atoms with van der Waals surface area (Å²) < 4.78 is 21.6. The lowest BCUT2D eigenvalue weighted by Crippen LogP contribution is -2.24. The molecule has 6 rings (SSSR count). The fraction of sp³-hybridized carbons (Fsp3) is 0.156. The maximum Gasteiger partial charge on any atom is 0.141 e. The van der Waals surface area contributed by atoms with Crippen LogP contribution in [0, 0.1) is 5.82 Å². The van der Waals surface area contributed by atoms with E-state index in [9.17, 15) is 4.39 Å². The van der Waals surface area contributed by atoms with Crippen molar-refractivity contribution in [3.8, 4) is 11.1 Å². The molecule has 1 aliphatic rings. The molecule has 2 atom stereocenters. The minimum absolute atomic E-state index is 0.275. The van der Waals surface area contributed by atoms with E-state index in [0.717, 1.165) is 46.3 Å². The van der Waals surface area contributed by atoms with Crippen LogP contribution in [0.25, 0.3) is 22.0 Å². The van der Waals surface area contributed by atoms with Gasteiger partial charge in [-0.2, -0.15) is 0 Å². The van der Waals surface area contributed by atoms with E-state index in [1.54, 1.807) is 12.4 Å². The normalized spacial score (nSPS) is 16.7. The third-order valence-electron chi connectivity index (χ3n) is 6.84. The third-order valence-corrected chi connectivity index (χ3v) is 7.21. The molecular weight excluding hydrogens is 525 g/mol. The summed E-state index contributed by atoms with van der Waals surface area (Å²) in [5.41, 5.74) is 5.90. The molecular formula is C32H27ClFN5O. The van der Waals surface area contributed by atoms with Gasteiger partial charge in [-0.3, -0.25) is 4.98 Å². The van der Waals surface area contributed by atoms with Crippen LogP contribution in [0.1, 0.15) is 11.1 Å². The van der Waals surface area contributed by atoms with Gasteiger partial charge in [0.15, 0.2) is 0 Å². The van der Waals surface area contributed by atoms with Gasteiger partial charge in [-0.15, -0.1) is 11.6 Å². The van der Waals surface area contributed by atoms with Crippen molar-refractivity contribution >= 4 is 28.3 Å². The molecule has 2 aromatic carbocycles. The van der Waals surface area contributed by atoms with E-state index in [1.165, 1.54) is 17.7 Å². The van der Waals surface area contributed by atoms with E-state index in [2.05, 4.69) is 55.4 Å². The Morgan fingerprint density at radius 2 is 1.88 bits per heavy atom. The number of anilines is 1. The molecule has 3 aromatic heterocycles. The van der Waals surface area contributed by atoms with Gasteiger partial charge in [0.05, 0.1) is 23.6 Å². The first kappa shape index (κ1) is 25.9. The standard InChI is InChI=1S/C32H27ClFN5O/c33-29-18-27(5-7-31(29)40-20-23-2-1-3-26(34)16-23)38-32-28-17-24(4-6-30(28)36-21-37-32)25-11-15-39(19-25)14-10-22-8-12-35-13-9-22/h1-9,11-13,15-19,21,29,31H,10,14,20H2,(H,36,37,38). The molecule has 3 heterocycles. The number of pyridine rings is 1. The lowest BCUT2D eigenvalue weighted by atomic mass is 10.1. The van der Waals surface area contributed by atoms with E-state index < -0.39 is 5.38 Å². The van der Waals surface area contributed by atoms with Crippen LogP contribution < -0.4 is 5.32 Å². The number of hydrogen-bond acceptors (Lipinski definition) is 5. The monoisotopic (exact) mass is 551 g/mol. The lowest BCUT2D eigenvalue weighted by molar-refractivity contribution is 0.0750. The molecule has 0 saturated heterocycles. The van der Waals surface area contributed by atoms with E-state index >= 15 is 0 Å². The van der Waals surface area contributed by atoms with Crippen LogP contribution >= 0.6 is 11.6 Å². The van der Waals surface area contributed by atoms with Crippen LogP contribution in [0.2, 0.25) is 0 Å². The van der Waals surface area contributed by atoms with Crippen LogP contribution in [-0.2, 0) is 24.3 Å². The van der Waals surface area contributed by atoms with E-state index in [0.29, 0.717) is 5.82 Å². The Balaban J connectivity index is 1.14. The number of allylic oxidation sites excluding steroid dienone is 1. The smallest absolute Gasteiger partial charge is 0.141 e. The zero-order chi connectivity index (χ0) is 27.3. The quantitative estimate of drug-likeness (QED) is 0.201. The SMILES string of the molecule is Fc1cccc(COC2C=CC(Nc3ncnc4ccc(-c5ccn(CCc6ccncc6)c5)cc34)=CC2Cl)c1. The molecule has 200 valence electrons. The zero-order valence-electron chi connectivity index (χ0n) is 21.6. The summed E-state index contributed by atoms with van der Waals surface area (Å²) in [5, 5.41) is 3.92. The minimum atomic E-state index is -0.392. The molecule has 0 amide bonds. The van der Waals surface area contributed by atoms with Gasteiger partial charge in [-0.05, 0) is 83.3 Å². The average Bonchev–Trinajstić information content (AvgIpc) is 3.45. The molecule has 8 heteroatoms. The predicted molar refractivity (Wildman–Crippen MR) is 156 cm³/mol. The maximum absolute atomic E-state index is 13.5. The van der Waals surface area contributed by atoms with Gasteiger partial charge in [-0.1, -0.05) is 24.3 Å². The number of halogens is 2. The number of alkyl halides is 1. The second-order valence-corrected chi connectivity index (χ2v) is 10.2. The fourth-order valence-corrected chi connectivity index (χ4v) is 5.00. The molecule has 0 bridgehead atoms. The summed E-state index contributed by atoms with van der Waals surface area (Å²) in [6.07, 6.45) is 15.8. The maximum atomic E-state index is 13.5. The summed E-state index contributed by atoms with van der Waals surface area (Å²) in [6, 6.07) is 18.8. The first-order valence-corrected chi connectivity index (χ1v) is 13.5. The Kier molecular flexibility index (Phi) is 7.66. The number of aryl methyl sites for hydroxylation is 2. The average molecular weight is 552 g/mol. The lowest BCUT2D eigenvalue weighted by Gasteiger charge is -2.22. The first-order chi connectivity index (χ1) is 19.6. The molecule has 0 spiro atoms. The van der Waals surface area contributed by atoms with Crippen LogP contribution in [0.15, 0.2) is 116 Å². The summed E-state index contributed by atoms with van der Waals surface area (Å²) in [5.74, 6) is 0.413. The van der Waals surface area contributed by atoms with Gasteiger partial charge in [-0.25, -0.2) is 14.4 Å². The van der Waals surface area contributed by atoms with Crippen molar-refractivity contribution in [2.45, 2.75) is 31.1 Å². The van der Waals surface area contributed by atoms with Gasteiger partial charge in [0, 0.05) is 42.4 Å². The molecule has 0 radical (unpaired) electrons. The Morgan fingerprint density at radius 3 is 2.73 bits per heavy atom. The second-order valence-electron chi connectivity index (χ2n) is 9.65. The first-order valence-electron chi connectivity index (χ1n) is 13.1. The highest BCUT2D eigenvalue weighted by Gasteiger charge is 2.20. The van der Waals surface area contributed by atoms with E-state index in [-0.39, 0.29) is 18.5 Å². The summed E-state index contributed by atoms with van der Waals surface area (Å²) in [7, 11) is 0. The van der Waals surface area contributed by atoms with Crippen molar-refractivity contribution in [2.24, 2.45) is 0 Å². The summed E-state index contributed by atoms with van der Waals surface area (Å²) in [4.78, 5) is 13.1. The van der Waals surface area contributed by atoms with Crippen LogP contribution in [0.5, 0.6) is 0 Å². The van der Waals surface area contributed by atoms with E-state index in [4.69, 9.17) is 16.3 Å². The van der Waals surface area contributed by atoms with Crippen molar-refractivity contribution in [3.63, 3.8) is 0 Å². The number of benzene rings is 2. The van der Waals surface area contributed by atoms with Crippen molar-refractivity contribution in [3.05, 3.63) is 133 Å². The van der Waals surface area contributed by atoms with Gasteiger partial charge >= 0.3 is 0 Å². The number of nitrogens with zero attached hydrogens (tertiary/aromatic N) is 4. The molecule has 1 aliphatic carbocycles. The highest BCUT2D eigenvalue weighted by Crippen LogP contribution is 2.29.